The molecule has 2 aromatic rings. The maximum Gasteiger partial charge on any atom is 0.333 e. The lowest BCUT2D eigenvalue weighted by Crippen LogP contribution is -2.42. The number of hydrogen-bond acceptors (Lipinski definition) is 5. The second kappa shape index (κ2) is 5.89. The SMILES string of the molecule is CC(=O)Cn1c(=O)c2[nH]c(C34CC5CC(CC3C5)C4)nc2n(CC(C)O)c1=O. The average Bonchev–Trinajstić information content (AvgIpc) is 3.23. The van der Waals surface area contributed by atoms with Crippen molar-refractivity contribution in [1.29, 1.82) is 0 Å². The quantitative estimate of drug-likeness (QED) is 0.794. The van der Waals surface area contributed by atoms with Gasteiger partial charge in [-0.15, -0.1) is 0 Å². The van der Waals surface area contributed by atoms with Crippen molar-refractivity contribution in [3.63, 3.8) is 0 Å². The first kappa shape index (κ1) is 17.8. The summed E-state index contributed by atoms with van der Waals surface area (Å²) in [4.78, 5) is 45.5. The Hall–Kier alpha value is -2.22. The fourth-order valence-corrected chi connectivity index (χ4v) is 6.38. The Morgan fingerprint density at radius 2 is 1.93 bits per heavy atom. The number of aromatic nitrogens is 4. The highest BCUT2D eigenvalue weighted by Crippen LogP contribution is 2.65. The predicted octanol–water partition coefficient (Wildman–Crippen LogP) is 0.934. The predicted molar refractivity (Wildman–Crippen MR) is 102 cm³/mol. The van der Waals surface area contributed by atoms with Crippen molar-refractivity contribution in [3.05, 3.63) is 26.7 Å². The molecule has 2 heterocycles. The maximum absolute atomic E-state index is 13.0. The van der Waals surface area contributed by atoms with Crippen LogP contribution in [0.3, 0.4) is 0 Å². The van der Waals surface area contributed by atoms with Gasteiger partial charge in [0, 0.05) is 5.41 Å². The van der Waals surface area contributed by atoms with Crippen molar-refractivity contribution in [2.75, 3.05) is 0 Å². The van der Waals surface area contributed by atoms with Crippen LogP contribution in [0.5, 0.6) is 0 Å². The first-order valence-electron chi connectivity index (χ1n) is 10.2. The van der Waals surface area contributed by atoms with Crippen LogP contribution in [0.1, 0.15) is 51.8 Å². The zero-order chi connectivity index (χ0) is 19.8. The van der Waals surface area contributed by atoms with Crippen LogP contribution in [-0.2, 0) is 23.3 Å². The number of carbonyl (C=O) groups excluding carboxylic acids is 1. The molecule has 0 spiro atoms. The van der Waals surface area contributed by atoms with Gasteiger partial charge in [0.25, 0.3) is 5.56 Å². The van der Waals surface area contributed by atoms with Crippen molar-refractivity contribution in [3.8, 4) is 0 Å². The van der Waals surface area contributed by atoms with E-state index in [0.717, 1.165) is 35.1 Å². The molecular formula is C20H26N4O4. The van der Waals surface area contributed by atoms with Crippen molar-refractivity contribution in [2.24, 2.45) is 17.8 Å². The summed E-state index contributed by atoms with van der Waals surface area (Å²) in [5.74, 6) is 2.61. The number of aromatic amines is 1. The Morgan fingerprint density at radius 3 is 2.54 bits per heavy atom. The van der Waals surface area contributed by atoms with E-state index in [1.54, 1.807) is 6.92 Å². The largest absolute Gasteiger partial charge is 0.392 e. The Morgan fingerprint density at radius 1 is 1.25 bits per heavy atom. The fraction of sp³-hybridized carbons (Fsp3) is 0.700. The van der Waals surface area contributed by atoms with Gasteiger partial charge >= 0.3 is 5.69 Å². The van der Waals surface area contributed by atoms with Crippen LogP contribution in [0.25, 0.3) is 11.2 Å². The van der Waals surface area contributed by atoms with E-state index in [4.69, 9.17) is 4.98 Å². The molecule has 0 aliphatic heterocycles. The number of rotatable bonds is 5. The van der Waals surface area contributed by atoms with E-state index in [9.17, 15) is 19.5 Å². The summed E-state index contributed by atoms with van der Waals surface area (Å²) in [5.41, 5.74) is -0.564. The molecule has 4 aliphatic carbocycles. The molecule has 3 unspecified atom stereocenters. The standard InChI is InChI=1S/C20H26N4O4/c1-10(25)8-23-16-15(17(27)24(19(23)28)9-11(2)26)21-18(22-16)20-6-12-3-13(7-20)5-14(20)4-12/h10,12-14,25H,3-9H2,1-2H3,(H,21,22). The molecule has 2 aromatic heterocycles. The summed E-state index contributed by atoms with van der Waals surface area (Å²) in [6.45, 7) is 2.68. The summed E-state index contributed by atoms with van der Waals surface area (Å²) >= 11 is 0. The molecule has 0 aromatic carbocycles. The molecule has 3 atom stereocenters. The van der Waals surface area contributed by atoms with Crippen LogP contribution in [0.15, 0.2) is 9.59 Å². The highest BCUT2D eigenvalue weighted by atomic mass is 16.3. The van der Waals surface area contributed by atoms with Gasteiger partial charge in [-0.05, 0) is 63.7 Å². The van der Waals surface area contributed by atoms with Gasteiger partial charge in [-0.1, -0.05) is 0 Å². The molecule has 2 N–H and O–H groups in total. The Kier molecular flexibility index (Phi) is 3.75. The monoisotopic (exact) mass is 386 g/mol. The number of nitrogens with zero attached hydrogens (tertiary/aromatic N) is 3. The fourth-order valence-electron chi connectivity index (χ4n) is 6.38. The van der Waals surface area contributed by atoms with Gasteiger partial charge in [-0.2, -0.15) is 0 Å². The minimum atomic E-state index is -0.777. The normalized spacial score (nSPS) is 31.8. The number of aliphatic hydroxyl groups excluding tert-OH is 1. The molecule has 0 saturated heterocycles. The molecule has 0 amide bonds. The number of H-pyrrole nitrogens is 1. The number of Topliss-reactive ketones (excluding diaryl/α,β-unsaturated/α-hetero) is 1. The molecule has 150 valence electrons. The van der Waals surface area contributed by atoms with E-state index < -0.39 is 17.4 Å². The smallest absolute Gasteiger partial charge is 0.333 e. The lowest BCUT2D eigenvalue weighted by atomic mass is 9.75. The van der Waals surface area contributed by atoms with Crippen molar-refractivity contribution >= 4 is 16.9 Å². The van der Waals surface area contributed by atoms with Gasteiger partial charge in [0.15, 0.2) is 5.65 Å². The number of carbonyl (C=O) groups is 1. The van der Waals surface area contributed by atoms with E-state index >= 15 is 0 Å². The molecule has 4 bridgehead atoms. The molecule has 4 aliphatic rings. The van der Waals surface area contributed by atoms with E-state index in [-0.39, 0.29) is 29.8 Å². The van der Waals surface area contributed by atoms with Crippen LogP contribution in [0.2, 0.25) is 0 Å². The molecule has 0 radical (unpaired) electrons. The third-order valence-electron chi connectivity index (χ3n) is 7.15. The molecule has 4 fully saturated rings. The van der Waals surface area contributed by atoms with E-state index in [2.05, 4.69) is 4.98 Å². The van der Waals surface area contributed by atoms with E-state index in [1.165, 1.54) is 30.8 Å². The Labute approximate surface area is 161 Å². The topological polar surface area (TPSA) is 110 Å². The summed E-state index contributed by atoms with van der Waals surface area (Å²) in [6.07, 6.45) is 5.16. The van der Waals surface area contributed by atoms with Crippen LogP contribution in [0.4, 0.5) is 0 Å². The number of fused-ring (bicyclic) bond motifs is 1. The maximum atomic E-state index is 13.0. The first-order chi connectivity index (χ1) is 13.3. The van der Waals surface area contributed by atoms with Crippen molar-refractivity contribution < 1.29 is 9.90 Å². The van der Waals surface area contributed by atoms with Crippen molar-refractivity contribution in [1.82, 2.24) is 19.1 Å². The zero-order valence-electron chi connectivity index (χ0n) is 16.3. The van der Waals surface area contributed by atoms with Gasteiger partial charge < -0.3 is 10.1 Å². The second-order valence-corrected chi connectivity index (χ2v) is 9.32. The van der Waals surface area contributed by atoms with Gasteiger partial charge in [-0.25, -0.2) is 9.78 Å². The number of ketones is 1. The number of imidazole rings is 1. The molecule has 8 nitrogen and oxygen atoms in total. The van der Waals surface area contributed by atoms with Crippen LogP contribution < -0.4 is 11.2 Å². The molecule has 6 rings (SSSR count). The average molecular weight is 386 g/mol. The van der Waals surface area contributed by atoms with Crippen LogP contribution in [-0.4, -0.2) is 36.1 Å². The minimum Gasteiger partial charge on any atom is -0.392 e. The van der Waals surface area contributed by atoms with E-state index in [1.807, 2.05) is 0 Å². The highest BCUT2D eigenvalue weighted by Gasteiger charge is 2.59. The van der Waals surface area contributed by atoms with Gasteiger partial charge in [0.1, 0.15) is 17.1 Å². The lowest BCUT2D eigenvalue weighted by Gasteiger charge is -2.30. The summed E-state index contributed by atoms with van der Waals surface area (Å²) < 4.78 is 2.28. The second-order valence-electron chi connectivity index (χ2n) is 9.32. The van der Waals surface area contributed by atoms with Gasteiger partial charge in [-0.3, -0.25) is 18.7 Å². The molecular weight excluding hydrogens is 360 g/mol. The van der Waals surface area contributed by atoms with Crippen LogP contribution in [0, 0.1) is 17.8 Å². The van der Waals surface area contributed by atoms with Gasteiger partial charge in [0.05, 0.1) is 19.2 Å². The highest BCUT2D eigenvalue weighted by molar-refractivity contribution is 5.76. The Balaban J connectivity index is 1.73. The summed E-state index contributed by atoms with van der Waals surface area (Å²) in [7, 11) is 0. The number of nitrogens with one attached hydrogen (secondary N) is 1. The van der Waals surface area contributed by atoms with Crippen molar-refractivity contribution in [2.45, 2.75) is 70.6 Å². The summed E-state index contributed by atoms with van der Waals surface area (Å²) in [6, 6.07) is 0. The third-order valence-corrected chi connectivity index (χ3v) is 7.15. The lowest BCUT2D eigenvalue weighted by molar-refractivity contribution is -0.117. The third kappa shape index (κ3) is 2.40. The molecule has 4 saturated carbocycles. The molecule has 28 heavy (non-hydrogen) atoms. The molecule has 8 heteroatoms. The zero-order valence-corrected chi connectivity index (χ0v) is 16.3. The number of aliphatic hydroxyl groups is 1. The number of hydrogen-bond donors (Lipinski definition) is 2. The van der Waals surface area contributed by atoms with Crippen LogP contribution >= 0.6 is 0 Å². The van der Waals surface area contributed by atoms with E-state index in [0.29, 0.717) is 11.6 Å². The minimum absolute atomic E-state index is 0.0177. The van der Waals surface area contributed by atoms with Gasteiger partial charge in [0.2, 0.25) is 0 Å². The first-order valence-corrected chi connectivity index (χ1v) is 10.2. The summed E-state index contributed by atoms with van der Waals surface area (Å²) in [5, 5.41) is 9.89. The Bertz CT molecular complexity index is 1080.